The van der Waals surface area contributed by atoms with Crippen LogP contribution in [0.15, 0.2) is 47.4 Å². The molecule has 144 valence electrons. The first-order chi connectivity index (χ1) is 12.9. The Bertz CT molecular complexity index is 983. The maximum atomic E-state index is 12.5. The normalized spacial score (nSPS) is 14.6. The Kier molecular flexibility index (Phi) is 5.76. The lowest BCUT2D eigenvalue weighted by Crippen LogP contribution is -2.39. The van der Waals surface area contributed by atoms with E-state index in [1.165, 1.54) is 11.4 Å². The molecule has 0 bridgehead atoms. The molecule has 7 nitrogen and oxygen atoms in total. The summed E-state index contributed by atoms with van der Waals surface area (Å²) < 4.78 is 32.5. The van der Waals surface area contributed by atoms with E-state index in [0.717, 1.165) is 16.7 Å². The number of hydrogen-bond donors (Lipinski definition) is 0. The van der Waals surface area contributed by atoms with Gasteiger partial charge in [0.2, 0.25) is 10.0 Å². The number of fused-ring (bicyclic) bond motifs is 1. The van der Waals surface area contributed by atoms with Crippen LogP contribution in [0.4, 0.5) is 0 Å². The summed E-state index contributed by atoms with van der Waals surface area (Å²) in [6, 6.07) is 11.2. The molecule has 0 unspecified atom stereocenters. The van der Waals surface area contributed by atoms with E-state index in [4.69, 9.17) is 0 Å². The zero-order valence-corrected chi connectivity index (χ0v) is 15.9. The van der Waals surface area contributed by atoms with Crippen LogP contribution in [0.5, 0.6) is 0 Å². The van der Waals surface area contributed by atoms with Crippen LogP contribution in [0.3, 0.4) is 0 Å². The molecule has 2 heterocycles. The second kappa shape index (κ2) is 8.06. The molecule has 3 rings (SSSR count). The van der Waals surface area contributed by atoms with Crippen molar-refractivity contribution in [3.05, 3.63) is 69.6 Å². The Balaban J connectivity index is 1.79. The Labute approximate surface area is 158 Å². The lowest BCUT2D eigenvalue weighted by molar-refractivity contribution is -0.140. The Morgan fingerprint density at radius 3 is 2.63 bits per heavy atom. The first-order valence-corrected chi connectivity index (χ1v) is 10.3. The van der Waals surface area contributed by atoms with Crippen LogP contribution < -0.4 is 5.56 Å². The van der Waals surface area contributed by atoms with Gasteiger partial charge < -0.3 is 9.30 Å². The monoisotopic (exact) mass is 390 g/mol. The molecular weight excluding hydrogens is 368 g/mol. The summed E-state index contributed by atoms with van der Waals surface area (Å²) in [7, 11) is -2.33. The molecule has 0 fully saturated rings. The van der Waals surface area contributed by atoms with Gasteiger partial charge in [0, 0.05) is 25.4 Å². The molecule has 0 saturated heterocycles. The molecule has 1 aromatic heterocycles. The summed E-state index contributed by atoms with van der Waals surface area (Å²) in [4.78, 5) is 23.6. The smallest absolute Gasteiger partial charge is 0.306 e. The molecule has 27 heavy (non-hydrogen) atoms. The summed E-state index contributed by atoms with van der Waals surface area (Å²) in [5, 5.41) is 0. The molecule has 0 atom stereocenters. The van der Waals surface area contributed by atoms with Gasteiger partial charge in [0.25, 0.3) is 5.56 Å². The number of sulfonamides is 1. The van der Waals surface area contributed by atoms with Gasteiger partial charge in [-0.1, -0.05) is 30.3 Å². The molecule has 8 heteroatoms. The van der Waals surface area contributed by atoms with Gasteiger partial charge in [-0.25, -0.2) is 8.42 Å². The van der Waals surface area contributed by atoms with Gasteiger partial charge in [0.15, 0.2) is 0 Å². The fourth-order valence-corrected chi connectivity index (χ4v) is 4.52. The average molecular weight is 390 g/mol. The van der Waals surface area contributed by atoms with Crippen LogP contribution >= 0.6 is 0 Å². The highest BCUT2D eigenvalue weighted by Gasteiger charge is 2.28. The van der Waals surface area contributed by atoms with Gasteiger partial charge in [-0.15, -0.1) is 0 Å². The predicted octanol–water partition coefficient (Wildman–Crippen LogP) is 1.15. The Hall–Kier alpha value is -2.45. The molecule has 1 aromatic carbocycles. The maximum absolute atomic E-state index is 12.5. The van der Waals surface area contributed by atoms with Gasteiger partial charge in [0.05, 0.1) is 25.8 Å². The number of methoxy groups -OCH3 is 1. The van der Waals surface area contributed by atoms with Crippen molar-refractivity contribution in [1.82, 2.24) is 8.87 Å². The lowest BCUT2D eigenvalue weighted by Gasteiger charge is -2.28. The van der Waals surface area contributed by atoms with E-state index in [1.54, 1.807) is 16.8 Å². The van der Waals surface area contributed by atoms with E-state index in [0.29, 0.717) is 19.5 Å². The van der Waals surface area contributed by atoms with Crippen LogP contribution in [0.1, 0.15) is 23.1 Å². The highest BCUT2D eigenvalue weighted by molar-refractivity contribution is 7.89. The lowest BCUT2D eigenvalue weighted by atomic mass is 10.0. The highest BCUT2D eigenvalue weighted by Crippen LogP contribution is 2.21. The van der Waals surface area contributed by atoms with Crippen LogP contribution in [0, 0.1) is 0 Å². The largest absolute Gasteiger partial charge is 0.469 e. The fraction of sp³-hybridized carbons (Fsp3) is 0.368. The minimum atomic E-state index is -3.57. The second-order valence-corrected chi connectivity index (χ2v) is 8.59. The summed E-state index contributed by atoms with van der Waals surface area (Å²) in [5.41, 5.74) is 2.60. The third-order valence-electron chi connectivity index (χ3n) is 4.66. The van der Waals surface area contributed by atoms with Gasteiger partial charge in [-0.3, -0.25) is 9.59 Å². The van der Waals surface area contributed by atoms with Crippen LogP contribution in [-0.2, 0) is 39.1 Å². The maximum Gasteiger partial charge on any atom is 0.306 e. The number of aromatic nitrogens is 1. The fourth-order valence-electron chi connectivity index (χ4n) is 3.13. The molecular formula is C19H22N2O5S. The minimum absolute atomic E-state index is 0.0976. The minimum Gasteiger partial charge on any atom is -0.469 e. The van der Waals surface area contributed by atoms with E-state index >= 15 is 0 Å². The van der Waals surface area contributed by atoms with Crippen LogP contribution in [-0.4, -0.2) is 42.7 Å². The van der Waals surface area contributed by atoms with Crippen LogP contribution in [0.2, 0.25) is 0 Å². The Morgan fingerprint density at radius 2 is 1.93 bits per heavy atom. The summed E-state index contributed by atoms with van der Waals surface area (Å²) in [6.07, 6.45) is 2.05. The number of carbonyl (C=O) groups is 1. The van der Waals surface area contributed by atoms with Crippen molar-refractivity contribution in [2.24, 2.45) is 0 Å². The standard InChI is InChI=1S/C19H22N2O5S/c1-26-19(23)8-10-27(24,25)21-9-7-16-11-18(22)20(13-17(16)14-21)12-15-5-3-2-4-6-15/h2-6,11,13H,7-10,12,14H2,1H3. The number of benzene rings is 1. The third kappa shape index (κ3) is 4.64. The van der Waals surface area contributed by atoms with Gasteiger partial charge in [0.1, 0.15) is 0 Å². The molecule has 0 aliphatic carbocycles. The number of ether oxygens (including phenoxy) is 1. The molecule has 0 N–H and O–H groups in total. The number of esters is 1. The topological polar surface area (TPSA) is 85.7 Å². The second-order valence-electron chi connectivity index (χ2n) is 6.50. The average Bonchev–Trinajstić information content (AvgIpc) is 2.67. The molecule has 1 aliphatic heterocycles. The van der Waals surface area contributed by atoms with E-state index < -0.39 is 16.0 Å². The van der Waals surface area contributed by atoms with Crippen LogP contribution in [0.25, 0.3) is 0 Å². The molecule has 2 aromatic rings. The number of pyridine rings is 1. The van der Waals surface area contributed by atoms with Crippen molar-refractivity contribution in [2.75, 3.05) is 19.4 Å². The van der Waals surface area contributed by atoms with Gasteiger partial charge >= 0.3 is 5.97 Å². The van der Waals surface area contributed by atoms with Gasteiger partial charge in [-0.05, 0) is 23.1 Å². The first kappa shape index (κ1) is 19.3. The molecule has 0 amide bonds. The number of nitrogens with zero attached hydrogens (tertiary/aromatic N) is 2. The van der Waals surface area contributed by atoms with E-state index in [9.17, 15) is 18.0 Å². The van der Waals surface area contributed by atoms with Crippen molar-refractivity contribution < 1.29 is 17.9 Å². The molecule has 0 spiro atoms. The van der Waals surface area contributed by atoms with E-state index in [2.05, 4.69) is 4.74 Å². The SMILES string of the molecule is COC(=O)CCS(=O)(=O)N1CCc2cc(=O)n(Cc3ccccc3)cc2C1. The van der Waals surface area contributed by atoms with Gasteiger partial charge in [-0.2, -0.15) is 4.31 Å². The van der Waals surface area contributed by atoms with E-state index in [-0.39, 0.29) is 24.3 Å². The summed E-state index contributed by atoms with van der Waals surface area (Å²) in [6.45, 7) is 0.939. The molecule has 0 radical (unpaired) electrons. The third-order valence-corrected chi connectivity index (χ3v) is 6.48. The summed E-state index contributed by atoms with van der Waals surface area (Å²) in [5.74, 6) is -0.828. The van der Waals surface area contributed by atoms with Crippen molar-refractivity contribution in [3.63, 3.8) is 0 Å². The number of carbonyl (C=O) groups excluding carboxylic acids is 1. The Morgan fingerprint density at radius 1 is 1.19 bits per heavy atom. The molecule has 0 saturated carbocycles. The van der Waals surface area contributed by atoms with E-state index in [1.807, 2.05) is 30.3 Å². The van der Waals surface area contributed by atoms with Crippen molar-refractivity contribution in [1.29, 1.82) is 0 Å². The predicted molar refractivity (Wildman–Crippen MR) is 101 cm³/mol. The molecule has 1 aliphatic rings. The van der Waals surface area contributed by atoms with Crippen molar-refractivity contribution in [2.45, 2.75) is 25.9 Å². The quantitative estimate of drug-likeness (QED) is 0.691. The van der Waals surface area contributed by atoms with Crippen molar-refractivity contribution in [3.8, 4) is 0 Å². The van der Waals surface area contributed by atoms with Crippen molar-refractivity contribution >= 4 is 16.0 Å². The zero-order chi connectivity index (χ0) is 19.4. The highest BCUT2D eigenvalue weighted by atomic mass is 32.2. The number of hydrogen-bond acceptors (Lipinski definition) is 5. The number of rotatable bonds is 6. The summed E-state index contributed by atoms with van der Waals surface area (Å²) >= 11 is 0. The zero-order valence-electron chi connectivity index (χ0n) is 15.1. The first-order valence-electron chi connectivity index (χ1n) is 8.70.